The lowest BCUT2D eigenvalue weighted by atomic mass is 10.1. The number of carbonyl (C=O) groups is 1. The molecule has 1 N–H and O–H groups in total. The van der Waals surface area contributed by atoms with Crippen LogP contribution >= 0.6 is 34.4 Å². The number of para-hydroxylation sites is 2. The number of hydrogen-bond donors (Lipinski definition) is 1. The summed E-state index contributed by atoms with van der Waals surface area (Å²) in [6.07, 6.45) is 1.62. The summed E-state index contributed by atoms with van der Waals surface area (Å²) in [6, 6.07) is 11.0. The van der Waals surface area contributed by atoms with Crippen LogP contribution in [0, 0.1) is 14.9 Å². The van der Waals surface area contributed by atoms with E-state index in [1.54, 1.807) is 26.4 Å². The third kappa shape index (κ3) is 5.51. The van der Waals surface area contributed by atoms with Crippen LogP contribution in [0.1, 0.15) is 19.4 Å². The molecule has 0 saturated carbocycles. The zero-order valence-electron chi connectivity index (χ0n) is 20.2. The molecule has 11 heteroatoms. The largest absolute Gasteiger partial charge is 0.493 e. The predicted molar refractivity (Wildman–Crippen MR) is 150 cm³/mol. The Kier molecular flexibility index (Phi) is 8.19. The lowest BCUT2D eigenvalue weighted by molar-refractivity contribution is -0.114. The normalized spacial score (nSPS) is 16.2. The topological polar surface area (TPSA) is 106 Å². The summed E-state index contributed by atoms with van der Waals surface area (Å²) in [7, 11) is 3.14. The SMILES string of the molecule is COc1ccccc1OCCOc1c(I)cc(/C=C2\C(=N)N3N=C(C(C)C)SC3=NC2=O)cc1OC. The number of hydrogen-bond acceptors (Lipinski definition) is 8. The van der Waals surface area contributed by atoms with Gasteiger partial charge in [0.2, 0.25) is 5.17 Å². The summed E-state index contributed by atoms with van der Waals surface area (Å²) in [6.45, 7) is 4.61. The molecule has 0 aliphatic carbocycles. The average Bonchev–Trinajstić information content (AvgIpc) is 3.30. The Hall–Kier alpha value is -3.06. The van der Waals surface area contributed by atoms with Crippen LogP contribution in [0.15, 0.2) is 52.1 Å². The zero-order valence-corrected chi connectivity index (χ0v) is 23.2. The molecule has 2 aromatic carbocycles. The van der Waals surface area contributed by atoms with Crippen LogP contribution in [-0.2, 0) is 4.79 Å². The van der Waals surface area contributed by atoms with E-state index in [9.17, 15) is 4.79 Å². The highest BCUT2D eigenvalue weighted by atomic mass is 127. The molecule has 2 aliphatic heterocycles. The summed E-state index contributed by atoms with van der Waals surface area (Å²) < 4.78 is 23.4. The second kappa shape index (κ2) is 11.3. The third-order valence-corrected chi connectivity index (χ3v) is 7.19. The van der Waals surface area contributed by atoms with Gasteiger partial charge in [-0.2, -0.15) is 15.1 Å². The van der Waals surface area contributed by atoms with Crippen molar-refractivity contribution in [1.82, 2.24) is 5.01 Å². The molecule has 2 aliphatic rings. The van der Waals surface area contributed by atoms with Gasteiger partial charge >= 0.3 is 0 Å². The van der Waals surface area contributed by atoms with Crippen LogP contribution in [0.4, 0.5) is 0 Å². The number of methoxy groups -OCH3 is 2. The van der Waals surface area contributed by atoms with Gasteiger partial charge in [0.05, 0.1) is 23.4 Å². The third-order valence-electron chi connectivity index (χ3n) is 5.18. The monoisotopic (exact) mass is 620 g/mol. The van der Waals surface area contributed by atoms with Gasteiger partial charge in [0.15, 0.2) is 28.8 Å². The van der Waals surface area contributed by atoms with E-state index in [2.05, 4.69) is 32.7 Å². The minimum atomic E-state index is -0.471. The molecular weight excluding hydrogens is 595 g/mol. The van der Waals surface area contributed by atoms with Crippen LogP contribution < -0.4 is 18.9 Å². The molecule has 0 fully saturated rings. The number of thioether (sulfide) groups is 1. The van der Waals surface area contributed by atoms with Crippen molar-refractivity contribution in [2.75, 3.05) is 27.4 Å². The highest BCUT2D eigenvalue weighted by Crippen LogP contribution is 2.36. The number of rotatable bonds is 9. The van der Waals surface area contributed by atoms with Gasteiger partial charge in [0.25, 0.3) is 5.91 Å². The van der Waals surface area contributed by atoms with Crippen molar-refractivity contribution in [3.63, 3.8) is 0 Å². The Morgan fingerprint density at radius 3 is 2.47 bits per heavy atom. The Labute approximate surface area is 227 Å². The van der Waals surface area contributed by atoms with Crippen molar-refractivity contribution in [3.8, 4) is 23.0 Å². The fourth-order valence-corrected chi connectivity index (χ4v) is 5.08. The highest BCUT2D eigenvalue weighted by molar-refractivity contribution is 14.1. The van der Waals surface area contributed by atoms with Gasteiger partial charge in [0.1, 0.15) is 18.3 Å². The minimum absolute atomic E-state index is 0.00376. The number of halogens is 1. The minimum Gasteiger partial charge on any atom is -0.493 e. The number of fused-ring (bicyclic) bond motifs is 1. The van der Waals surface area contributed by atoms with Gasteiger partial charge in [-0.3, -0.25) is 10.2 Å². The van der Waals surface area contributed by atoms with Gasteiger partial charge in [-0.1, -0.05) is 26.0 Å². The quantitative estimate of drug-likeness (QED) is 0.238. The molecular formula is C25H25IN4O5S. The lowest BCUT2D eigenvalue weighted by Crippen LogP contribution is -2.35. The van der Waals surface area contributed by atoms with Crippen molar-refractivity contribution in [3.05, 3.63) is 51.1 Å². The average molecular weight is 620 g/mol. The number of amides is 1. The van der Waals surface area contributed by atoms with Crippen molar-refractivity contribution in [2.45, 2.75) is 13.8 Å². The number of ether oxygens (including phenoxy) is 4. The molecule has 0 unspecified atom stereocenters. The molecule has 2 aromatic rings. The van der Waals surface area contributed by atoms with E-state index in [-0.39, 0.29) is 23.9 Å². The van der Waals surface area contributed by atoms with E-state index in [1.165, 1.54) is 16.8 Å². The molecule has 188 valence electrons. The Morgan fingerprint density at radius 1 is 1.08 bits per heavy atom. The van der Waals surface area contributed by atoms with Crippen LogP contribution in [0.5, 0.6) is 23.0 Å². The Morgan fingerprint density at radius 2 is 1.78 bits per heavy atom. The van der Waals surface area contributed by atoms with Crippen LogP contribution in [0.3, 0.4) is 0 Å². The predicted octanol–water partition coefficient (Wildman–Crippen LogP) is 5.04. The molecule has 0 spiro atoms. The van der Waals surface area contributed by atoms with Gasteiger partial charge in [-0.05, 0) is 70.3 Å². The molecule has 0 aromatic heterocycles. The molecule has 1 amide bonds. The smallest absolute Gasteiger partial charge is 0.283 e. The number of nitrogens with zero attached hydrogens (tertiary/aromatic N) is 3. The van der Waals surface area contributed by atoms with E-state index in [0.717, 1.165) is 8.61 Å². The number of hydrazone groups is 1. The Bertz CT molecular complexity index is 1290. The molecule has 2 heterocycles. The number of aliphatic imine (C=N–C) groups is 1. The second-order valence-electron chi connectivity index (χ2n) is 7.99. The maximum atomic E-state index is 12.7. The highest BCUT2D eigenvalue weighted by Gasteiger charge is 2.36. The summed E-state index contributed by atoms with van der Waals surface area (Å²) in [4.78, 5) is 16.8. The van der Waals surface area contributed by atoms with Crippen molar-refractivity contribution in [1.29, 1.82) is 5.41 Å². The molecule has 0 bridgehead atoms. The summed E-state index contributed by atoms with van der Waals surface area (Å²) >= 11 is 3.47. The van der Waals surface area contributed by atoms with E-state index >= 15 is 0 Å². The van der Waals surface area contributed by atoms with Crippen LogP contribution in [-0.4, -0.2) is 54.4 Å². The first kappa shape index (κ1) is 26.0. The van der Waals surface area contributed by atoms with E-state index in [1.807, 2.05) is 44.2 Å². The lowest BCUT2D eigenvalue weighted by Gasteiger charge is -2.20. The molecule has 9 nitrogen and oxygen atoms in total. The van der Waals surface area contributed by atoms with Crippen LogP contribution in [0.2, 0.25) is 0 Å². The first-order valence-corrected chi connectivity index (χ1v) is 13.0. The standard InChI is InChI=1S/C25H25IN4O5S/c1-14(2)24-29-30-22(27)16(23(31)28-25(30)36-24)11-15-12-17(26)21(20(13-15)33-4)35-10-9-34-19-8-6-5-7-18(19)32-3/h5-8,11-14,27H,9-10H2,1-4H3/b16-11+,27-22?. The van der Waals surface area contributed by atoms with E-state index in [4.69, 9.17) is 24.4 Å². The maximum absolute atomic E-state index is 12.7. The molecule has 0 radical (unpaired) electrons. The van der Waals surface area contributed by atoms with Crippen molar-refractivity contribution in [2.24, 2.45) is 16.0 Å². The maximum Gasteiger partial charge on any atom is 0.283 e. The first-order valence-electron chi connectivity index (χ1n) is 11.1. The van der Waals surface area contributed by atoms with Gasteiger partial charge in [-0.25, -0.2) is 0 Å². The zero-order chi connectivity index (χ0) is 25.8. The second-order valence-corrected chi connectivity index (χ2v) is 10.1. The van der Waals surface area contributed by atoms with Crippen LogP contribution in [0.25, 0.3) is 6.08 Å². The Balaban J connectivity index is 1.49. The number of amidine groups is 2. The summed E-state index contributed by atoms with van der Waals surface area (Å²) in [5.74, 6) is 2.06. The molecule has 0 saturated heterocycles. The summed E-state index contributed by atoms with van der Waals surface area (Å²) in [5, 5.41) is 15.6. The van der Waals surface area contributed by atoms with Gasteiger partial charge < -0.3 is 18.9 Å². The van der Waals surface area contributed by atoms with Crippen molar-refractivity contribution >= 4 is 62.4 Å². The molecule has 4 rings (SSSR count). The van der Waals surface area contributed by atoms with Gasteiger partial charge in [-0.15, -0.1) is 0 Å². The first-order chi connectivity index (χ1) is 17.3. The number of carbonyl (C=O) groups excluding carboxylic acids is 1. The molecule has 0 atom stereocenters. The van der Waals surface area contributed by atoms with E-state index in [0.29, 0.717) is 40.3 Å². The van der Waals surface area contributed by atoms with Gasteiger partial charge in [0, 0.05) is 5.92 Å². The number of benzene rings is 2. The van der Waals surface area contributed by atoms with Crippen molar-refractivity contribution < 1.29 is 23.7 Å². The fourth-order valence-electron chi connectivity index (χ4n) is 3.40. The fraction of sp³-hybridized carbons (Fsp3) is 0.280. The number of nitrogens with one attached hydrogen (secondary N) is 1. The summed E-state index contributed by atoms with van der Waals surface area (Å²) in [5.41, 5.74) is 0.838. The molecule has 36 heavy (non-hydrogen) atoms. The van der Waals surface area contributed by atoms with E-state index < -0.39 is 5.91 Å².